The number of rotatable bonds is 3. The van der Waals surface area contributed by atoms with Crippen LogP contribution in [0.4, 0.5) is 0 Å². The molecule has 0 aromatic carbocycles. The zero-order chi connectivity index (χ0) is 24.5. The lowest BCUT2D eigenvalue weighted by Crippen LogP contribution is -2.62. The van der Waals surface area contributed by atoms with Gasteiger partial charge in [-0.1, -0.05) is 13.8 Å². The van der Waals surface area contributed by atoms with E-state index in [0.717, 1.165) is 50.5 Å². The summed E-state index contributed by atoms with van der Waals surface area (Å²) in [7, 11) is 0. The van der Waals surface area contributed by atoms with Gasteiger partial charge in [-0.2, -0.15) is 0 Å². The van der Waals surface area contributed by atoms with Gasteiger partial charge in [0.15, 0.2) is 0 Å². The van der Waals surface area contributed by atoms with Crippen molar-refractivity contribution in [1.29, 1.82) is 0 Å². The average molecular weight is 475 g/mol. The molecule has 34 heavy (non-hydrogen) atoms. The molecule has 0 unspecified atom stereocenters. The highest BCUT2D eigenvalue weighted by molar-refractivity contribution is 5.85. The molecular formula is C27H38O7. The number of esters is 3. The summed E-state index contributed by atoms with van der Waals surface area (Å²) >= 11 is 0. The maximum atomic E-state index is 12.5. The van der Waals surface area contributed by atoms with E-state index in [9.17, 15) is 19.5 Å². The summed E-state index contributed by atoms with van der Waals surface area (Å²) < 4.78 is 16.6. The van der Waals surface area contributed by atoms with Crippen molar-refractivity contribution >= 4 is 17.9 Å². The maximum absolute atomic E-state index is 12.5. The largest absolute Gasteiger partial charge is 0.463 e. The van der Waals surface area contributed by atoms with Crippen LogP contribution < -0.4 is 0 Å². The second kappa shape index (κ2) is 8.07. The van der Waals surface area contributed by atoms with Gasteiger partial charge < -0.3 is 19.3 Å². The van der Waals surface area contributed by atoms with Gasteiger partial charge in [-0.15, -0.1) is 0 Å². The first-order chi connectivity index (χ1) is 16.0. The molecule has 0 amide bonds. The second-order valence-corrected chi connectivity index (χ2v) is 12.0. The Morgan fingerprint density at radius 3 is 2.41 bits per heavy atom. The number of aliphatic hydroxyl groups is 1. The minimum atomic E-state index is -0.978. The molecular weight excluding hydrogens is 436 g/mol. The molecule has 1 heterocycles. The Labute approximate surface area is 201 Å². The molecule has 5 rings (SSSR count). The van der Waals surface area contributed by atoms with E-state index < -0.39 is 17.1 Å². The number of hydrogen-bond acceptors (Lipinski definition) is 7. The maximum Gasteiger partial charge on any atom is 0.331 e. The molecule has 1 aliphatic heterocycles. The van der Waals surface area contributed by atoms with Gasteiger partial charge in [0.25, 0.3) is 0 Å². The van der Waals surface area contributed by atoms with E-state index in [2.05, 4.69) is 13.8 Å². The molecule has 0 aromatic rings. The SMILES string of the molecule is CC(=O)O[C@H]1CC[C@@]2(C)[C@@H](CC[C@H]3[C@H]2CC[C@@]2(C)[C@H](C4=CC(=O)OC4)[C@@H](OC(C)=O)C[C@]32O)C1. The minimum absolute atomic E-state index is 0.000108. The summed E-state index contributed by atoms with van der Waals surface area (Å²) in [5, 5.41) is 12.5. The number of carbonyl (C=O) groups excluding carboxylic acids is 3. The highest BCUT2D eigenvalue weighted by Gasteiger charge is 2.71. The smallest absolute Gasteiger partial charge is 0.331 e. The Hall–Kier alpha value is -1.89. The van der Waals surface area contributed by atoms with Crippen molar-refractivity contribution in [3.63, 3.8) is 0 Å². The minimum Gasteiger partial charge on any atom is -0.463 e. The predicted molar refractivity (Wildman–Crippen MR) is 122 cm³/mol. The van der Waals surface area contributed by atoms with Crippen LogP contribution in [0.5, 0.6) is 0 Å². The summed E-state index contributed by atoms with van der Waals surface area (Å²) in [6.45, 7) is 7.61. The van der Waals surface area contributed by atoms with Crippen molar-refractivity contribution in [3.8, 4) is 0 Å². The molecule has 9 atom stereocenters. The van der Waals surface area contributed by atoms with E-state index in [1.807, 2.05) is 0 Å². The van der Waals surface area contributed by atoms with Crippen LogP contribution in [0, 0.1) is 34.5 Å². The van der Waals surface area contributed by atoms with Crippen molar-refractivity contribution in [2.45, 2.75) is 96.9 Å². The lowest BCUT2D eigenvalue weighted by molar-refractivity contribution is -0.210. The first-order valence-electron chi connectivity index (χ1n) is 12.9. The standard InChI is InChI=1S/C27H38O7/c1-15(28)33-19-7-9-25(3)18(12-19)5-6-21-20(25)8-10-26(4)24(17-11-23(30)32-14-17)22(34-16(2)29)13-27(21,26)31/h11,18-22,24,31H,5-10,12-14H2,1-4H3/t18-,19-,20+,21-,22-,24+,25-,26-,27-/m0/s1. The summed E-state index contributed by atoms with van der Waals surface area (Å²) in [4.78, 5) is 35.4. The highest BCUT2D eigenvalue weighted by Crippen LogP contribution is 2.70. The first kappa shape index (κ1) is 23.8. The van der Waals surface area contributed by atoms with Gasteiger partial charge in [-0.3, -0.25) is 9.59 Å². The van der Waals surface area contributed by atoms with Gasteiger partial charge in [-0.25, -0.2) is 4.79 Å². The van der Waals surface area contributed by atoms with E-state index in [4.69, 9.17) is 14.2 Å². The average Bonchev–Trinajstić information content (AvgIpc) is 3.25. The molecule has 4 saturated carbocycles. The highest BCUT2D eigenvalue weighted by atomic mass is 16.6. The van der Waals surface area contributed by atoms with Crippen LogP contribution in [0.2, 0.25) is 0 Å². The third-order valence-electron chi connectivity index (χ3n) is 10.5. The number of hydrogen-bond donors (Lipinski definition) is 1. The normalized spacial score (nSPS) is 47.6. The van der Waals surface area contributed by atoms with Crippen LogP contribution in [0.15, 0.2) is 11.6 Å². The van der Waals surface area contributed by atoms with E-state index in [1.165, 1.54) is 13.8 Å². The van der Waals surface area contributed by atoms with Gasteiger partial charge in [0, 0.05) is 37.7 Å². The van der Waals surface area contributed by atoms with Crippen molar-refractivity contribution < 1.29 is 33.7 Å². The Morgan fingerprint density at radius 2 is 1.76 bits per heavy atom. The summed E-state index contributed by atoms with van der Waals surface area (Å²) in [6.07, 6.45) is 7.98. The number of ether oxygens (including phenoxy) is 3. The van der Waals surface area contributed by atoms with Crippen molar-refractivity contribution in [2.24, 2.45) is 34.5 Å². The van der Waals surface area contributed by atoms with E-state index in [1.54, 1.807) is 6.08 Å². The Bertz CT molecular complexity index is 926. The Kier molecular flexibility index (Phi) is 5.66. The monoisotopic (exact) mass is 474 g/mol. The Morgan fingerprint density at radius 1 is 1.03 bits per heavy atom. The zero-order valence-corrected chi connectivity index (χ0v) is 20.8. The van der Waals surface area contributed by atoms with Gasteiger partial charge in [-0.05, 0) is 73.7 Å². The van der Waals surface area contributed by atoms with Crippen LogP contribution in [-0.4, -0.2) is 47.4 Å². The van der Waals surface area contributed by atoms with E-state index in [-0.39, 0.29) is 47.9 Å². The van der Waals surface area contributed by atoms with Crippen LogP contribution in [-0.2, 0) is 28.6 Å². The summed E-state index contributed by atoms with van der Waals surface area (Å²) in [5.41, 5.74) is -0.535. The zero-order valence-electron chi connectivity index (χ0n) is 20.8. The van der Waals surface area contributed by atoms with Crippen molar-refractivity contribution in [1.82, 2.24) is 0 Å². The van der Waals surface area contributed by atoms with Gasteiger partial charge in [0.1, 0.15) is 18.8 Å². The molecule has 4 aliphatic carbocycles. The second-order valence-electron chi connectivity index (χ2n) is 12.0. The number of fused-ring (bicyclic) bond motifs is 5. The molecule has 0 radical (unpaired) electrons. The fourth-order valence-electron chi connectivity index (χ4n) is 9.08. The van der Waals surface area contributed by atoms with Gasteiger partial charge in [0.2, 0.25) is 0 Å². The third kappa shape index (κ3) is 3.44. The summed E-state index contributed by atoms with van der Waals surface area (Å²) in [5.74, 6) is -0.190. The molecule has 188 valence electrons. The molecule has 0 spiro atoms. The van der Waals surface area contributed by atoms with Crippen molar-refractivity contribution in [3.05, 3.63) is 11.6 Å². The number of cyclic esters (lactones) is 1. The molecule has 0 bridgehead atoms. The third-order valence-corrected chi connectivity index (χ3v) is 10.5. The first-order valence-corrected chi connectivity index (χ1v) is 12.9. The lowest BCUT2D eigenvalue weighted by Gasteiger charge is -2.63. The van der Waals surface area contributed by atoms with E-state index >= 15 is 0 Å². The van der Waals surface area contributed by atoms with Gasteiger partial charge >= 0.3 is 17.9 Å². The molecule has 7 nitrogen and oxygen atoms in total. The molecule has 0 aromatic heterocycles. The van der Waals surface area contributed by atoms with E-state index in [0.29, 0.717) is 18.3 Å². The Balaban J connectivity index is 1.46. The fraction of sp³-hybridized carbons (Fsp3) is 0.815. The topological polar surface area (TPSA) is 99.1 Å². The van der Waals surface area contributed by atoms with Crippen LogP contribution in [0.3, 0.4) is 0 Å². The molecule has 7 heteroatoms. The number of carbonyl (C=O) groups is 3. The summed E-state index contributed by atoms with van der Waals surface area (Å²) in [6, 6.07) is 0. The fourth-order valence-corrected chi connectivity index (χ4v) is 9.08. The molecule has 5 aliphatic rings. The lowest BCUT2D eigenvalue weighted by atomic mass is 9.43. The van der Waals surface area contributed by atoms with Crippen LogP contribution in [0.25, 0.3) is 0 Å². The van der Waals surface area contributed by atoms with Crippen molar-refractivity contribution in [2.75, 3.05) is 6.61 Å². The molecule has 1 N–H and O–H groups in total. The molecule has 0 saturated heterocycles. The van der Waals surface area contributed by atoms with Crippen LogP contribution in [0.1, 0.15) is 79.1 Å². The van der Waals surface area contributed by atoms with Gasteiger partial charge in [0.05, 0.1) is 5.60 Å². The molecule has 4 fully saturated rings. The quantitative estimate of drug-likeness (QED) is 0.492. The predicted octanol–water partition coefficient (Wildman–Crippen LogP) is 3.72. The van der Waals surface area contributed by atoms with Crippen LogP contribution >= 0.6 is 0 Å².